The van der Waals surface area contributed by atoms with Gasteiger partial charge in [-0.3, -0.25) is 5.10 Å². The van der Waals surface area contributed by atoms with Gasteiger partial charge in [-0.15, -0.1) is 0 Å². The Bertz CT molecular complexity index is 505. The summed E-state index contributed by atoms with van der Waals surface area (Å²) in [5.74, 6) is 0.501. The highest BCUT2D eigenvalue weighted by Gasteiger charge is 2.30. The van der Waals surface area contributed by atoms with Gasteiger partial charge in [-0.05, 0) is 35.9 Å². The topological polar surface area (TPSA) is 69.1 Å². The summed E-state index contributed by atoms with van der Waals surface area (Å²) in [6.45, 7) is 0. The molecule has 1 aliphatic carbocycles. The summed E-state index contributed by atoms with van der Waals surface area (Å²) < 4.78 is 0. The molecule has 0 saturated heterocycles. The summed E-state index contributed by atoms with van der Waals surface area (Å²) in [7, 11) is -1.41. The zero-order valence-corrected chi connectivity index (χ0v) is 8.14. The van der Waals surface area contributed by atoms with Crippen LogP contribution in [0.15, 0.2) is 18.3 Å². The summed E-state index contributed by atoms with van der Waals surface area (Å²) in [4.78, 5) is 0. The van der Waals surface area contributed by atoms with E-state index in [0.717, 1.165) is 29.3 Å². The fourth-order valence-corrected chi connectivity index (χ4v) is 2.09. The number of fused-ring (bicyclic) bond motifs is 1. The van der Waals surface area contributed by atoms with Gasteiger partial charge in [0.15, 0.2) is 0 Å². The zero-order chi connectivity index (χ0) is 10.4. The Labute approximate surface area is 87.1 Å². The number of H-pyrrole nitrogens is 1. The van der Waals surface area contributed by atoms with Crippen molar-refractivity contribution >= 4 is 23.5 Å². The van der Waals surface area contributed by atoms with Gasteiger partial charge < -0.3 is 10.0 Å². The molecule has 1 fully saturated rings. The number of nitrogens with zero attached hydrogens (tertiary/aromatic N) is 1. The second-order valence-corrected chi connectivity index (χ2v) is 4.05. The number of aromatic nitrogens is 2. The zero-order valence-electron chi connectivity index (χ0n) is 8.14. The number of benzene rings is 1. The van der Waals surface area contributed by atoms with Gasteiger partial charge in [0, 0.05) is 5.39 Å². The summed E-state index contributed by atoms with van der Waals surface area (Å²) in [5, 5.41) is 26.4. The van der Waals surface area contributed by atoms with Gasteiger partial charge in [0.25, 0.3) is 0 Å². The Hall–Kier alpha value is -1.33. The molecular formula is C10H11BN2O2. The van der Waals surface area contributed by atoms with E-state index in [1.165, 1.54) is 0 Å². The number of hydrogen-bond acceptors (Lipinski definition) is 3. The van der Waals surface area contributed by atoms with Crippen LogP contribution >= 0.6 is 0 Å². The van der Waals surface area contributed by atoms with E-state index >= 15 is 0 Å². The highest BCUT2D eigenvalue weighted by atomic mass is 16.4. The van der Waals surface area contributed by atoms with Crippen molar-refractivity contribution in [1.29, 1.82) is 0 Å². The van der Waals surface area contributed by atoms with Crippen LogP contribution in [0.4, 0.5) is 0 Å². The quantitative estimate of drug-likeness (QED) is 0.605. The molecular weight excluding hydrogens is 191 g/mol. The average molecular weight is 202 g/mol. The van der Waals surface area contributed by atoms with Gasteiger partial charge >= 0.3 is 7.12 Å². The van der Waals surface area contributed by atoms with E-state index in [1.807, 2.05) is 12.1 Å². The molecule has 1 heterocycles. The maximum Gasteiger partial charge on any atom is 0.489 e. The van der Waals surface area contributed by atoms with Crippen LogP contribution in [0.5, 0.6) is 0 Å². The normalized spacial score (nSPS) is 15.9. The molecule has 3 rings (SSSR count). The fraction of sp³-hybridized carbons (Fsp3) is 0.300. The smallest absolute Gasteiger partial charge is 0.423 e. The predicted octanol–water partition coefficient (Wildman–Crippen LogP) is 0.120. The van der Waals surface area contributed by atoms with E-state index in [1.54, 1.807) is 6.20 Å². The van der Waals surface area contributed by atoms with Gasteiger partial charge in [0.2, 0.25) is 0 Å². The van der Waals surface area contributed by atoms with Gasteiger partial charge in [-0.1, -0.05) is 6.07 Å². The summed E-state index contributed by atoms with van der Waals surface area (Å²) >= 11 is 0. The van der Waals surface area contributed by atoms with E-state index in [0.29, 0.717) is 11.4 Å². The number of rotatable bonds is 2. The minimum Gasteiger partial charge on any atom is -0.423 e. The largest absolute Gasteiger partial charge is 0.489 e. The van der Waals surface area contributed by atoms with Crippen molar-refractivity contribution in [3.8, 4) is 0 Å². The highest BCUT2D eigenvalue weighted by molar-refractivity contribution is 6.62. The monoisotopic (exact) mass is 202 g/mol. The molecule has 0 amide bonds. The maximum absolute atomic E-state index is 9.41. The van der Waals surface area contributed by atoms with Crippen molar-refractivity contribution in [3.05, 3.63) is 23.9 Å². The van der Waals surface area contributed by atoms with Gasteiger partial charge in [0.05, 0.1) is 11.7 Å². The first-order chi connectivity index (χ1) is 7.27. The minimum absolute atomic E-state index is 0.501. The molecule has 0 aliphatic heterocycles. The van der Waals surface area contributed by atoms with Crippen LogP contribution in [0.3, 0.4) is 0 Å². The molecule has 1 saturated carbocycles. The van der Waals surface area contributed by atoms with Gasteiger partial charge in [0.1, 0.15) is 0 Å². The molecule has 3 N–H and O–H groups in total. The van der Waals surface area contributed by atoms with Gasteiger partial charge in [-0.25, -0.2) is 0 Å². The van der Waals surface area contributed by atoms with Crippen LogP contribution in [0, 0.1) is 0 Å². The Morgan fingerprint density at radius 2 is 2.13 bits per heavy atom. The molecule has 1 aromatic heterocycles. The van der Waals surface area contributed by atoms with E-state index in [9.17, 15) is 10.0 Å². The molecule has 76 valence electrons. The first-order valence-electron chi connectivity index (χ1n) is 5.09. The van der Waals surface area contributed by atoms with E-state index in [4.69, 9.17) is 0 Å². The molecule has 0 spiro atoms. The third-order valence-corrected chi connectivity index (χ3v) is 2.97. The number of hydrogen-bond donors (Lipinski definition) is 3. The predicted molar refractivity (Wildman–Crippen MR) is 57.9 cm³/mol. The van der Waals surface area contributed by atoms with Crippen LogP contribution in [0.2, 0.25) is 0 Å². The van der Waals surface area contributed by atoms with Crippen LogP contribution in [-0.4, -0.2) is 27.4 Å². The second-order valence-electron chi connectivity index (χ2n) is 4.05. The third kappa shape index (κ3) is 1.35. The first kappa shape index (κ1) is 8.94. The van der Waals surface area contributed by atoms with Crippen molar-refractivity contribution < 1.29 is 10.0 Å². The van der Waals surface area contributed by atoms with Crippen molar-refractivity contribution in [2.24, 2.45) is 0 Å². The molecule has 0 atom stereocenters. The molecule has 0 radical (unpaired) electrons. The first-order valence-corrected chi connectivity index (χ1v) is 5.09. The van der Waals surface area contributed by atoms with Crippen molar-refractivity contribution in [3.63, 3.8) is 0 Å². The van der Waals surface area contributed by atoms with E-state index in [-0.39, 0.29) is 0 Å². The number of aromatic amines is 1. The Morgan fingerprint density at radius 1 is 1.33 bits per heavy atom. The van der Waals surface area contributed by atoms with Crippen molar-refractivity contribution in [2.45, 2.75) is 18.8 Å². The third-order valence-electron chi connectivity index (χ3n) is 2.97. The molecule has 0 unspecified atom stereocenters. The lowest BCUT2D eigenvalue weighted by atomic mass is 9.74. The second kappa shape index (κ2) is 3.08. The Kier molecular flexibility index (Phi) is 1.84. The van der Waals surface area contributed by atoms with Gasteiger partial charge in [-0.2, -0.15) is 5.10 Å². The molecule has 1 aromatic carbocycles. The van der Waals surface area contributed by atoms with E-state index in [2.05, 4.69) is 10.2 Å². The molecule has 15 heavy (non-hydrogen) atoms. The van der Waals surface area contributed by atoms with Crippen LogP contribution in [-0.2, 0) is 0 Å². The SMILES string of the molecule is OB(O)c1c(C2CC2)ccc2[nH]ncc12. The van der Waals surface area contributed by atoms with Crippen LogP contribution in [0.1, 0.15) is 24.3 Å². The lowest BCUT2D eigenvalue weighted by Crippen LogP contribution is -2.33. The molecule has 1 aliphatic rings. The minimum atomic E-state index is -1.41. The lowest BCUT2D eigenvalue weighted by Gasteiger charge is -2.08. The average Bonchev–Trinajstić information content (AvgIpc) is 2.94. The molecule has 5 heteroatoms. The lowest BCUT2D eigenvalue weighted by molar-refractivity contribution is 0.426. The Balaban J connectivity index is 2.29. The van der Waals surface area contributed by atoms with Crippen molar-refractivity contribution in [1.82, 2.24) is 10.2 Å². The van der Waals surface area contributed by atoms with Crippen LogP contribution in [0.25, 0.3) is 10.9 Å². The summed E-state index contributed by atoms with van der Waals surface area (Å²) in [6, 6.07) is 3.91. The van der Waals surface area contributed by atoms with Crippen molar-refractivity contribution in [2.75, 3.05) is 0 Å². The van der Waals surface area contributed by atoms with E-state index < -0.39 is 7.12 Å². The summed E-state index contributed by atoms with van der Waals surface area (Å²) in [6.07, 6.45) is 3.93. The fourth-order valence-electron chi connectivity index (χ4n) is 2.09. The maximum atomic E-state index is 9.41. The number of nitrogens with one attached hydrogen (secondary N) is 1. The highest BCUT2D eigenvalue weighted by Crippen LogP contribution is 2.39. The molecule has 4 nitrogen and oxygen atoms in total. The molecule has 2 aromatic rings. The standard InChI is InChI=1S/C10H11BN2O2/c14-11(15)10-7(6-1-2-6)3-4-9-8(10)5-12-13-9/h3-6,14-15H,1-2H2,(H,12,13). The Morgan fingerprint density at radius 3 is 2.80 bits per heavy atom. The summed E-state index contributed by atoms with van der Waals surface area (Å²) in [5.41, 5.74) is 2.52. The van der Waals surface area contributed by atoms with Crippen LogP contribution < -0.4 is 5.46 Å². The molecule has 0 bridgehead atoms.